The largest absolute Gasteiger partial charge is 0.387 e. The topological polar surface area (TPSA) is 45.1 Å². The first-order chi connectivity index (χ1) is 5.74. The second kappa shape index (κ2) is 4.40. The van der Waals surface area contributed by atoms with E-state index in [-0.39, 0.29) is 0 Å². The van der Waals surface area contributed by atoms with Crippen molar-refractivity contribution in [1.82, 2.24) is 10.3 Å². The van der Waals surface area contributed by atoms with E-state index in [0.29, 0.717) is 11.6 Å². The van der Waals surface area contributed by atoms with Crippen molar-refractivity contribution in [2.24, 2.45) is 0 Å². The summed E-state index contributed by atoms with van der Waals surface area (Å²) in [6.45, 7) is 0.502. The Morgan fingerprint density at radius 2 is 2.42 bits per heavy atom. The van der Waals surface area contributed by atoms with E-state index < -0.39 is 6.10 Å². The van der Waals surface area contributed by atoms with E-state index >= 15 is 0 Å². The molecule has 1 aromatic heterocycles. The Balaban J connectivity index is 2.73. The molecule has 0 bridgehead atoms. The number of likely N-dealkylation sites (N-methyl/N-ethyl adjacent to an activating group) is 1. The van der Waals surface area contributed by atoms with Crippen molar-refractivity contribution in [2.75, 3.05) is 13.6 Å². The van der Waals surface area contributed by atoms with E-state index in [1.54, 1.807) is 19.3 Å². The van der Waals surface area contributed by atoms with Crippen molar-refractivity contribution in [3.8, 4) is 0 Å². The van der Waals surface area contributed by atoms with Gasteiger partial charge in [-0.3, -0.25) is 4.98 Å². The van der Waals surface area contributed by atoms with Crippen LogP contribution in [0.4, 0.5) is 0 Å². The van der Waals surface area contributed by atoms with Gasteiger partial charge in [-0.2, -0.15) is 0 Å². The molecule has 0 spiro atoms. The molecule has 1 atom stereocenters. The third-order valence-corrected chi connectivity index (χ3v) is 1.71. The molecule has 0 aromatic carbocycles. The number of hydrogen-bond acceptors (Lipinski definition) is 3. The van der Waals surface area contributed by atoms with E-state index in [2.05, 4.69) is 10.3 Å². The van der Waals surface area contributed by atoms with Gasteiger partial charge < -0.3 is 10.4 Å². The molecular weight excluding hydrogens is 176 g/mol. The van der Waals surface area contributed by atoms with E-state index in [9.17, 15) is 5.11 Å². The maximum absolute atomic E-state index is 9.48. The van der Waals surface area contributed by atoms with Crippen molar-refractivity contribution in [3.05, 3.63) is 29.0 Å². The zero-order valence-electron chi connectivity index (χ0n) is 6.79. The summed E-state index contributed by atoms with van der Waals surface area (Å²) in [6.07, 6.45) is 2.60. The summed E-state index contributed by atoms with van der Waals surface area (Å²) >= 11 is 5.70. The molecular formula is C8H11ClN2O. The van der Waals surface area contributed by atoms with E-state index in [1.165, 1.54) is 6.20 Å². The maximum Gasteiger partial charge on any atom is 0.0929 e. The minimum Gasteiger partial charge on any atom is -0.387 e. The van der Waals surface area contributed by atoms with Crippen LogP contribution in [0.2, 0.25) is 5.02 Å². The van der Waals surface area contributed by atoms with Crippen molar-refractivity contribution in [1.29, 1.82) is 0 Å². The van der Waals surface area contributed by atoms with E-state index in [4.69, 9.17) is 11.6 Å². The number of nitrogens with one attached hydrogen (secondary N) is 1. The molecule has 0 saturated heterocycles. The van der Waals surface area contributed by atoms with Gasteiger partial charge in [0.1, 0.15) is 0 Å². The van der Waals surface area contributed by atoms with Gasteiger partial charge in [0.05, 0.1) is 11.1 Å². The molecule has 0 radical (unpaired) electrons. The number of nitrogens with zero attached hydrogens (tertiary/aromatic N) is 1. The van der Waals surface area contributed by atoms with Crippen LogP contribution in [0.5, 0.6) is 0 Å². The molecule has 66 valence electrons. The zero-order chi connectivity index (χ0) is 8.97. The van der Waals surface area contributed by atoms with Crippen LogP contribution in [-0.4, -0.2) is 23.7 Å². The Hall–Kier alpha value is -0.640. The standard InChI is InChI=1S/C8H11ClN2O/c1-10-5-8(12)6-2-7(9)4-11-3-6/h2-4,8,10,12H,5H2,1H3. The Morgan fingerprint density at radius 3 is 3.00 bits per heavy atom. The summed E-state index contributed by atoms with van der Waals surface area (Å²) in [4.78, 5) is 3.87. The number of pyridine rings is 1. The quantitative estimate of drug-likeness (QED) is 0.740. The molecule has 2 N–H and O–H groups in total. The highest BCUT2D eigenvalue weighted by Gasteiger charge is 2.05. The van der Waals surface area contributed by atoms with Gasteiger partial charge in [0.15, 0.2) is 0 Å². The van der Waals surface area contributed by atoms with Crippen LogP contribution in [0.1, 0.15) is 11.7 Å². The summed E-state index contributed by atoms with van der Waals surface area (Å²) in [7, 11) is 1.78. The molecule has 0 aliphatic carbocycles. The molecule has 0 aliphatic heterocycles. The van der Waals surface area contributed by atoms with Gasteiger partial charge in [0.2, 0.25) is 0 Å². The van der Waals surface area contributed by atoms with Crippen LogP contribution in [0, 0.1) is 0 Å². The fraction of sp³-hybridized carbons (Fsp3) is 0.375. The molecule has 3 nitrogen and oxygen atoms in total. The lowest BCUT2D eigenvalue weighted by Gasteiger charge is -2.09. The normalized spacial score (nSPS) is 12.9. The first kappa shape index (κ1) is 9.45. The third kappa shape index (κ3) is 2.44. The fourth-order valence-corrected chi connectivity index (χ4v) is 1.10. The van der Waals surface area contributed by atoms with Gasteiger partial charge in [-0.05, 0) is 13.1 Å². The summed E-state index contributed by atoms with van der Waals surface area (Å²) in [5, 5.41) is 12.9. The van der Waals surface area contributed by atoms with Gasteiger partial charge in [-0.25, -0.2) is 0 Å². The van der Waals surface area contributed by atoms with E-state index in [0.717, 1.165) is 5.56 Å². The predicted molar refractivity (Wildman–Crippen MR) is 48.1 cm³/mol. The van der Waals surface area contributed by atoms with Crippen molar-refractivity contribution >= 4 is 11.6 Å². The highest BCUT2D eigenvalue weighted by Crippen LogP contribution is 2.14. The average molecular weight is 187 g/mol. The summed E-state index contributed by atoms with van der Waals surface area (Å²) < 4.78 is 0. The lowest BCUT2D eigenvalue weighted by molar-refractivity contribution is 0.177. The van der Waals surface area contributed by atoms with Crippen molar-refractivity contribution in [3.63, 3.8) is 0 Å². The van der Waals surface area contributed by atoms with Gasteiger partial charge >= 0.3 is 0 Å². The number of aliphatic hydroxyl groups is 1. The molecule has 1 heterocycles. The summed E-state index contributed by atoms with van der Waals surface area (Å²) in [6, 6.07) is 1.70. The summed E-state index contributed by atoms with van der Waals surface area (Å²) in [5.41, 5.74) is 0.733. The molecule has 0 aliphatic rings. The van der Waals surface area contributed by atoms with Crippen molar-refractivity contribution in [2.45, 2.75) is 6.10 Å². The van der Waals surface area contributed by atoms with Crippen LogP contribution in [-0.2, 0) is 0 Å². The first-order valence-electron chi connectivity index (χ1n) is 3.67. The lowest BCUT2D eigenvalue weighted by atomic mass is 10.2. The van der Waals surface area contributed by atoms with Gasteiger partial charge in [-0.1, -0.05) is 11.6 Å². The second-order valence-corrected chi connectivity index (χ2v) is 2.95. The average Bonchev–Trinajstić information content (AvgIpc) is 2.05. The maximum atomic E-state index is 9.48. The summed E-state index contributed by atoms with van der Waals surface area (Å²) in [5.74, 6) is 0. The number of halogens is 1. The Bertz CT molecular complexity index is 255. The predicted octanol–water partition coefficient (Wildman–Crippen LogP) is 0.988. The first-order valence-corrected chi connectivity index (χ1v) is 4.05. The lowest BCUT2D eigenvalue weighted by Crippen LogP contribution is -2.16. The minimum atomic E-state index is -0.541. The minimum absolute atomic E-state index is 0.502. The van der Waals surface area contributed by atoms with Gasteiger partial charge in [0.25, 0.3) is 0 Å². The van der Waals surface area contributed by atoms with Crippen molar-refractivity contribution < 1.29 is 5.11 Å². The molecule has 0 amide bonds. The number of rotatable bonds is 3. The number of aliphatic hydroxyl groups excluding tert-OH is 1. The SMILES string of the molecule is CNCC(O)c1cncc(Cl)c1. The Labute approximate surface area is 76.4 Å². The molecule has 1 aromatic rings. The van der Waals surface area contributed by atoms with Crippen LogP contribution < -0.4 is 5.32 Å². The smallest absolute Gasteiger partial charge is 0.0929 e. The number of aromatic nitrogens is 1. The van der Waals surface area contributed by atoms with Crippen LogP contribution in [0.25, 0.3) is 0 Å². The fourth-order valence-electron chi connectivity index (χ4n) is 0.922. The van der Waals surface area contributed by atoms with Gasteiger partial charge in [-0.15, -0.1) is 0 Å². The molecule has 12 heavy (non-hydrogen) atoms. The van der Waals surface area contributed by atoms with Crippen LogP contribution in [0.3, 0.4) is 0 Å². The highest BCUT2D eigenvalue weighted by molar-refractivity contribution is 6.30. The van der Waals surface area contributed by atoms with Gasteiger partial charge in [0, 0.05) is 24.5 Å². The third-order valence-electron chi connectivity index (χ3n) is 1.51. The Morgan fingerprint density at radius 1 is 1.67 bits per heavy atom. The molecule has 4 heteroatoms. The second-order valence-electron chi connectivity index (χ2n) is 2.51. The Kier molecular flexibility index (Phi) is 3.47. The highest BCUT2D eigenvalue weighted by atomic mass is 35.5. The van der Waals surface area contributed by atoms with Crippen LogP contribution in [0.15, 0.2) is 18.5 Å². The molecule has 1 rings (SSSR count). The zero-order valence-corrected chi connectivity index (χ0v) is 7.54. The molecule has 1 unspecified atom stereocenters. The monoisotopic (exact) mass is 186 g/mol. The molecule has 0 saturated carbocycles. The number of hydrogen-bond donors (Lipinski definition) is 2. The van der Waals surface area contributed by atoms with E-state index in [1.807, 2.05) is 0 Å². The molecule has 0 fully saturated rings. The van der Waals surface area contributed by atoms with Crippen LogP contribution >= 0.6 is 11.6 Å².